The van der Waals surface area contributed by atoms with Gasteiger partial charge < -0.3 is 24.3 Å². The van der Waals surface area contributed by atoms with Crippen LogP contribution in [0.3, 0.4) is 0 Å². The number of thiazole rings is 1. The van der Waals surface area contributed by atoms with Crippen LogP contribution in [0.15, 0.2) is 59.5 Å². The molecule has 1 N–H and O–H groups in total. The fourth-order valence-electron chi connectivity index (χ4n) is 3.83. The first-order chi connectivity index (χ1) is 18.1. The quantitative estimate of drug-likeness (QED) is 0.224. The van der Waals surface area contributed by atoms with E-state index in [1.165, 1.54) is 58.4 Å². The number of carbonyl (C=O) groups is 1. The summed E-state index contributed by atoms with van der Waals surface area (Å²) >= 11 is 1.23. The molecule has 14 heteroatoms. The van der Waals surface area contributed by atoms with Gasteiger partial charge in [-0.3, -0.25) is 0 Å². The van der Waals surface area contributed by atoms with Gasteiger partial charge in [-0.05, 0) is 69.1 Å². The number of carbonyl (C=O) groups excluding carboxylic acids is 1. The summed E-state index contributed by atoms with van der Waals surface area (Å²) in [4.78, 5) is 18.0. The molecule has 2 aromatic heterocycles. The van der Waals surface area contributed by atoms with E-state index in [2.05, 4.69) is 15.2 Å². The molecule has 202 valence electrons. The summed E-state index contributed by atoms with van der Waals surface area (Å²) in [6, 6.07) is 13.5. The minimum Gasteiger partial charge on any atom is -0.744 e. The molecule has 0 unspecified atom stereocenters. The van der Waals surface area contributed by atoms with Crippen LogP contribution in [0.1, 0.15) is 28.9 Å². The van der Waals surface area contributed by atoms with Crippen molar-refractivity contribution in [1.82, 2.24) is 20.0 Å². The maximum Gasteiger partial charge on any atom is 0.365 e. The number of tetrazole rings is 1. The van der Waals surface area contributed by atoms with Gasteiger partial charge in [-0.1, -0.05) is 35.9 Å². The van der Waals surface area contributed by atoms with Crippen LogP contribution < -0.4 is 14.6 Å². The van der Waals surface area contributed by atoms with E-state index in [1.54, 1.807) is 31.2 Å². The molecule has 0 bridgehead atoms. The Hall–Kier alpha value is -4.24. The summed E-state index contributed by atoms with van der Waals surface area (Å²) in [5.74, 6) is -0.919. The lowest BCUT2D eigenvalue weighted by atomic mass is 10.1. The van der Waals surface area contributed by atoms with Crippen LogP contribution in [0, 0.1) is 6.92 Å². The van der Waals surface area contributed by atoms with Crippen LogP contribution in [0.25, 0.3) is 32.4 Å². The molecular formula is C25H22N5O7S2-. The first-order valence-electron chi connectivity index (χ1n) is 11.0. The molecule has 5 rings (SSSR count). The summed E-state index contributed by atoms with van der Waals surface area (Å²) in [5.41, 5.74) is 1.41. The number of aromatic nitrogens is 5. The van der Waals surface area contributed by atoms with Crippen molar-refractivity contribution in [3.05, 3.63) is 71.3 Å². The highest BCUT2D eigenvalue weighted by Crippen LogP contribution is 2.29. The molecule has 0 radical (unpaired) electrons. The molecule has 0 amide bonds. The topological polar surface area (TPSA) is 174 Å². The zero-order valence-electron chi connectivity index (χ0n) is 19.9. The molecule has 0 spiro atoms. The normalized spacial score (nSPS) is 11.4. The third kappa shape index (κ3) is 5.22. The third-order valence-electron chi connectivity index (χ3n) is 5.66. The van der Waals surface area contributed by atoms with Crippen molar-refractivity contribution in [3.63, 3.8) is 0 Å². The molecule has 0 atom stereocenters. The number of aliphatic hydroxyl groups excluding tert-OH is 1. The average Bonchev–Trinajstić information content (AvgIpc) is 3.51. The monoisotopic (exact) mass is 568 g/mol. The highest BCUT2D eigenvalue weighted by Gasteiger charge is 2.28. The van der Waals surface area contributed by atoms with Crippen molar-refractivity contribution in [2.45, 2.75) is 25.9 Å². The van der Waals surface area contributed by atoms with Gasteiger partial charge in [0, 0.05) is 16.7 Å². The number of aliphatic hydroxyl groups is 1. The maximum atomic E-state index is 12.0. The molecule has 0 saturated heterocycles. The molecule has 12 nitrogen and oxygen atoms in total. The van der Waals surface area contributed by atoms with E-state index in [4.69, 9.17) is 4.74 Å². The number of rotatable bonds is 7. The number of aromatic carboxylic acids is 1. The molecule has 0 aliphatic rings. The fourth-order valence-corrected chi connectivity index (χ4v) is 5.53. The molecular weight excluding hydrogens is 546 g/mol. The van der Waals surface area contributed by atoms with E-state index in [0.29, 0.717) is 22.0 Å². The lowest BCUT2D eigenvalue weighted by Crippen LogP contribution is -2.43. The Bertz CT molecular complexity index is 1830. The van der Waals surface area contributed by atoms with Gasteiger partial charge in [0.15, 0.2) is 5.52 Å². The molecule has 0 saturated carbocycles. The zero-order chi connectivity index (χ0) is 27.2. The van der Waals surface area contributed by atoms with E-state index < -0.39 is 27.6 Å². The predicted octanol–water partition coefficient (Wildman–Crippen LogP) is 1.53. The first kappa shape index (κ1) is 27.8. The van der Waals surface area contributed by atoms with E-state index in [9.17, 15) is 28.0 Å². The number of ether oxygens (including phenoxy) is 1. The molecule has 0 aliphatic heterocycles. The summed E-state index contributed by atoms with van der Waals surface area (Å²) in [5, 5.41) is 30.6. The second kappa shape index (κ2) is 10.5. The van der Waals surface area contributed by atoms with Gasteiger partial charge in [0.25, 0.3) is 5.82 Å². The summed E-state index contributed by atoms with van der Waals surface area (Å²) in [6.45, 7) is 1.10. The number of nitrogens with zero attached hydrogens (tertiary/aromatic N) is 5. The molecule has 5 aromatic rings. The van der Waals surface area contributed by atoms with Crippen molar-refractivity contribution in [1.29, 1.82) is 0 Å². The Kier molecular flexibility index (Phi) is 7.48. The second-order valence-corrected chi connectivity index (χ2v) is 10.5. The van der Waals surface area contributed by atoms with Crippen LogP contribution in [0.2, 0.25) is 0 Å². The molecule has 2 heterocycles. The van der Waals surface area contributed by atoms with E-state index >= 15 is 0 Å². The van der Waals surface area contributed by atoms with Gasteiger partial charge in [0.05, 0.1) is 34.8 Å². The lowest BCUT2D eigenvalue weighted by Gasteiger charge is -2.10. The van der Waals surface area contributed by atoms with Crippen LogP contribution in [-0.4, -0.2) is 51.1 Å². The number of carboxylic acids is 1. The second-order valence-electron chi connectivity index (χ2n) is 8.18. The van der Waals surface area contributed by atoms with Gasteiger partial charge in [0.2, 0.25) is 0 Å². The SMILES string of the molecule is C.COc1ccc2nc(-[n+]3nc(-c4ccc(C)cc4S(=O)(=O)[O-])nn3-c3ccc(C(=O)[O-])cc3CO)sc2c1. The van der Waals surface area contributed by atoms with Crippen LogP contribution in [-0.2, 0) is 16.7 Å². The minimum absolute atomic E-state index is 0. The van der Waals surface area contributed by atoms with Crippen molar-refractivity contribution in [2.75, 3.05) is 7.11 Å². The molecule has 39 heavy (non-hydrogen) atoms. The molecule has 3 aromatic carbocycles. The highest BCUT2D eigenvalue weighted by atomic mass is 32.2. The number of benzene rings is 3. The highest BCUT2D eigenvalue weighted by molar-refractivity contribution is 7.85. The smallest absolute Gasteiger partial charge is 0.365 e. The zero-order valence-corrected chi connectivity index (χ0v) is 21.5. The van der Waals surface area contributed by atoms with E-state index in [1.807, 2.05) is 0 Å². The standard InChI is InChI=1S/C24H19N5O7S2.CH4/c1-13-3-6-17(21(9-13)38(33,34)35)22-26-28(19-8-4-14(23(31)32)10-15(19)12-30)29(27-22)24-25-18-7-5-16(36-2)11-20(18)37-24;/h3-11,30H,12H2,1-2H3,(H-,31,32,33,34,35);1H4/p-1. The van der Waals surface area contributed by atoms with Gasteiger partial charge in [-0.2, -0.15) is 0 Å². The summed E-state index contributed by atoms with van der Waals surface area (Å²) < 4.78 is 42.2. The van der Waals surface area contributed by atoms with Gasteiger partial charge >= 0.3 is 5.13 Å². The average molecular weight is 569 g/mol. The number of carboxylic acid groups (broad SMARTS) is 1. The largest absolute Gasteiger partial charge is 0.744 e. The van der Waals surface area contributed by atoms with Gasteiger partial charge in [-0.15, -0.1) is 0 Å². The predicted molar refractivity (Wildman–Crippen MR) is 138 cm³/mol. The van der Waals surface area contributed by atoms with Crippen LogP contribution >= 0.6 is 11.3 Å². The van der Waals surface area contributed by atoms with Crippen LogP contribution in [0.4, 0.5) is 0 Å². The number of fused-ring (bicyclic) bond motifs is 1. The Morgan fingerprint density at radius 2 is 1.92 bits per heavy atom. The minimum atomic E-state index is -4.88. The Morgan fingerprint density at radius 3 is 2.59 bits per heavy atom. The third-order valence-corrected chi connectivity index (χ3v) is 7.52. The number of hydrogen-bond acceptors (Lipinski definition) is 11. The van der Waals surface area contributed by atoms with Crippen molar-refractivity contribution < 1.29 is 37.5 Å². The fraction of sp³-hybridized carbons (Fsp3) is 0.160. The van der Waals surface area contributed by atoms with Crippen molar-refractivity contribution in [2.24, 2.45) is 0 Å². The van der Waals surface area contributed by atoms with Crippen molar-refractivity contribution in [3.8, 4) is 28.0 Å². The Labute approximate surface area is 227 Å². The number of aryl methyl sites for hydroxylation is 1. The Morgan fingerprint density at radius 1 is 1.15 bits per heavy atom. The van der Waals surface area contributed by atoms with E-state index in [0.717, 1.165) is 4.70 Å². The molecule has 0 fully saturated rings. The lowest BCUT2D eigenvalue weighted by molar-refractivity contribution is -0.734. The van der Waals surface area contributed by atoms with Gasteiger partial charge in [0.1, 0.15) is 21.6 Å². The number of hydrogen-bond donors (Lipinski definition) is 1. The van der Waals surface area contributed by atoms with Crippen LogP contribution in [0.5, 0.6) is 5.75 Å². The van der Waals surface area contributed by atoms with Gasteiger partial charge in [-0.25, -0.2) is 8.42 Å². The van der Waals surface area contributed by atoms with Crippen molar-refractivity contribution >= 4 is 37.6 Å². The van der Waals surface area contributed by atoms with E-state index in [-0.39, 0.29) is 35.6 Å². The summed E-state index contributed by atoms with van der Waals surface area (Å²) in [7, 11) is -3.34. The first-order valence-corrected chi connectivity index (χ1v) is 13.2. The summed E-state index contributed by atoms with van der Waals surface area (Å²) in [6.07, 6.45) is 0. The number of methoxy groups -OCH3 is 1. The Balaban J connectivity index is 0.00000353. The maximum absolute atomic E-state index is 12.0. The molecule has 0 aliphatic carbocycles.